The molecule has 5 heteroatoms. The smallest absolute Gasteiger partial charge is 0.248 e. The Balaban J connectivity index is 2.02. The minimum Gasteiger partial charge on any atom is -0.357 e. The highest BCUT2D eigenvalue weighted by Crippen LogP contribution is 2.11. The van der Waals surface area contributed by atoms with E-state index in [1.165, 1.54) is 11.3 Å². The highest BCUT2D eigenvalue weighted by molar-refractivity contribution is 7.13. The van der Waals surface area contributed by atoms with Crippen molar-refractivity contribution in [2.75, 3.05) is 5.32 Å². The summed E-state index contributed by atoms with van der Waals surface area (Å²) in [4.78, 5) is 17.6. The first-order valence-electron chi connectivity index (χ1n) is 4.15. The second kappa shape index (κ2) is 4.06. The van der Waals surface area contributed by atoms with E-state index in [-0.39, 0.29) is 5.56 Å². The molecule has 0 unspecified atom stereocenters. The van der Waals surface area contributed by atoms with Crippen LogP contribution in [0.4, 0.5) is 5.13 Å². The Morgan fingerprint density at radius 1 is 1.57 bits per heavy atom. The van der Waals surface area contributed by atoms with E-state index in [1.807, 2.05) is 11.4 Å². The van der Waals surface area contributed by atoms with Crippen LogP contribution in [0.5, 0.6) is 0 Å². The molecular formula is C9H9N3OS. The quantitative estimate of drug-likeness (QED) is 0.800. The number of nitrogens with zero attached hydrogens (tertiary/aromatic N) is 1. The van der Waals surface area contributed by atoms with Crippen LogP contribution in [0, 0.1) is 0 Å². The Labute approximate surface area is 84.6 Å². The van der Waals surface area contributed by atoms with Crippen molar-refractivity contribution >= 4 is 16.5 Å². The molecule has 0 aliphatic heterocycles. The molecule has 2 rings (SSSR count). The molecule has 14 heavy (non-hydrogen) atoms. The number of nitrogens with one attached hydrogen (secondary N) is 2. The van der Waals surface area contributed by atoms with Crippen LogP contribution in [-0.2, 0) is 6.54 Å². The predicted molar refractivity (Wildman–Crippen MR) is 56.5 cm³/mol. The number of rotatable bonds is 3. The number of pyridine rings is 1. The standard InChI is InChI=1S/C9H9N3OS/c13-8-5-7(1-2-10-8)6-12-9-11-3-4-14-9/h1-5H,6H2,(H,10,13)(H,11,12). The molecule has 0 saturated carbocycles. The van der Waals surface area contributed by atoms with Gasteiger partial charge in [-0.05, 0) is 11.6 Å². The molecule has 2 aromatic heterocycles. The number of hydrogen-bond donors (Lipinski definition) is 2. The van der Waals surface area contributed by atoms with Crippen molar-refractivity contribution < 1.29 is 0 Å². The zero-order valence-electron chi connectivity index (χ0n) is 7.36. The van der Waals surface area contributed by atoms with Gasteiger partial charge in [0.1, 0.15) is 0 Å². The van der Waals surface area contributed by atoms with E-state index in [1.54, 1.807) is 18.5 Å². The van der Waals surface area contributed by atoms with Gasteiger partial charge in [0, 0.05) is 30.4 Å². The molecule has 72 valence electrons. The Kier molecular flexibility index (Phi) is 2.60. The van der Waals surface area contributed by atoms with Gasteiger partial charge in [-0.2, -0.15) is 0 Å². The normalized spacial score (nSPS) is 10.0. The fourth-order valence-corrected chi connectivity index (χ4v) is 1.62. The molecular weight excluding hydrogens is 198 g/mol. The maximum atomic E-state index is 11.0. The van der Waals surface area contributed by atoms with Crippen LogP contribution in [0.15, 0.2) is 34.7 Å². The van der Waals surface area contributed by atoms with E-state index in [2.05, 4.69) is 15.3 Å². The lowest BCUT2D eigenvalue weighted by Crippen LogP contribution is -2.07. The van der Waals surface area contributed by atoms with Gasteiger partial charge in [-0.1, -0.05) is 0 Å². The van der Waals surface area contributed by atoms with Crippen molar-refractivity contribution in [1.82, 2.24) is 9.97 Å². The zero-order chi connectivity index (χ0) is 9.80. The van der Waals surface area contributed by atoms with Crippen LogP contribution in [0.2, 0.25) is 0 Å². The first-order chi connectivity index (χ1) is 6.84. The predicted octanol–water partition coefficient (Wildman–Crippen LogP) is 1.44. The average molecular weight is 207 g/mol. The molecule has 0 spiro atoms. The lowest BCUT2D eigenvalue weighted by molar-refractivity contribution is 1.10. The largest absolute Gasteiger partial charge is 0.357 e. The second-order valence-electron chi connectivity index (χ2n) is 2.75. The van der Waals surface area contributed by atoms with Gasteiger partial charge < -0.3 is 10.3 Å². The number of aromatic amines is 1. The van der Waals surface area contributed by atoms with Gasteiger partial charge >= 0.3 is 0 Å². The van der Waals surface area contributed by atoms with Gasteiger partial charge in [0.15, 0.2) is 5.13 Å². The third kappa shape index (κ3) is 2.20. The number of aromatic nitrogens is 2. The van der Waals surface area contributed by atoms with Gasteiger partial charge in [0.05, 0.1) is 0 Å². The molecule has 2 aromatic rings. The van der Waals surface area contributed by atoms with Gasteiger partial charge in [-0.25, -0.2) is 4.98 Å². The summed E-state index contributed by atoms with van der Waals surface area (Å²) in [5, 5.41) is 5.89. The van der Waals surface area contributed by atoms with Crippen molar-refractivity contribution in [3.05, 3.63) is 45.8 Å². The number of H-pyrrole nitrogens is 1. The van der Waals surface area contributed by atoms with Gasteiger partial charge in [0.25, 0.3) is 0 Å². The van der Waals surface area contributed by atoms with E-state index in [0.717, 1.165) is 10.7 Å². The molecule has 2 N–H and O–H groups in total. The molecule has 0 saturated heterocycles. The zero-order valence-corrected chi connectivity index (χ0v) is 8.17. The number of anilines is 1. The Hall–Kier alpha value is -1.62. The van der Waals surface area contributed by atoms with E-state index in [4.69, 9.17) is 0 Å². The van der Waals surface area contributed by atoms with Gasteiger partial charge in [-0.15, -0.1) is 11.3 Å². The van der Waals surface area contributed by atoms with Crippen LogP contribution < -0.4 is 10.9 Å². The summed E-state index contributed by atoms with van der Waals surface area (Å²) in [5.74, 6) is 0. The van der Waals surface area contributed by atoms with Crippen molar-refractivity contribution in [3.8, 4) is 0 Å². The minimum absolute atomic E-state index is 0.0801. The Morgan fingerprint density at radius 3 is 3.21 bits per heavy atom. The second-order valence-corrected chi connectivity index (χ2v) is 3.65. The monoisotopic (exact) mass is 207 g/mol. The van der Waals surface area contributed by atoms with E-state index in [9.17, 15) is 4.79 Å². The van der Waals surface area contributed by atoms with E-state index < -0.39 is 0 Å². The maximum Gasteiger partial charge on any atom is 0.248 e. The van der Waals surface area contributed by atoms with Crippen molar-refractivity contribution in [2.45, 2.75) is 6.54 Å². The summed E-state index contributed by atoms with van der Waals surface area (Å²) < 4.78 is 0. The molecule has 0 amide bonds. The molecule has 2 heterocycles. The van der Waals surface area contributed by atoms with Crippen LogP contribution in [0.3, 0.4) is 0 Å². The summed E-state index contributed by atoms with van der Waals surface area (Å²) in [5.41, 5.74) is 0.868. The lowest BCUT2D eigenvalue weighted by atomic mass is 10.3. The van der Waals surface area contributed by atoms with Crippen LogP contribution >= 0.6 is 11.3 Å². The number of thiazole rings is 1. The fraction of sp³-hybridized carbons (Fsp3) is 0.111. The number of hydrogen-bond acceptors (Lipinski definition) is 4. The van der Waals surface area contributed by atoms with Crippen LogP contribution in [0.1, 0.15) is 5.56 Å². The summed E-state index contributed by atoms with van der Waals surface area (Å²) in [6.07, 6.45) is 3.38. The van der Waals surface area contributed by atoms with Gasteiger partial charge in [-0.3, -0.25) is 4.79 Å². The van der Waals surface area contributed by atoms with Crippen molar-refractivity contribution in [1.29, 1.82) is 0 Å². The van der Waals surface area contributed by atoms with E-state index in [0.29, 0.717) is 6.54 Å². The SMILES string of the molecule is O=c1cc(CNc2nccs2)cc[nH]1. The third-order valence-corrected chi connectivity index (χ3v) is 2.45. The Morgan fingerprint density at radius 2 is 2.50 bits per heavy atom. The summed E-state index contributed by atoms with van der Waals surface area (Å²) >= 11 is 1.54. The highest BCUT2D eigenvalue weighted by Gasteiger charge is 1.95. The molecule has 0 aliphatic carbocycles. The molecule has 0 fully saturated rings. The maximum absolute atomic E-state index is 11.0. The molecule has 0 bridgehead atoms. The fourth-order valence-electron chi connectivity index (χ4n) is 1.09. The van der Waals surface area contributed by atoms with Crippen molar-refractivity contribution in [2.24, 2.45) is 0 Å². The van der Waals surface area contributed by atoms with Crippen molar-refractivity contribution in [3.63, 3.8) is 0 Å². The first kappa shape index (κ1) is 8.96. The molecule has 0 aliphatic rings. The Bertz CT molecular complexity index is 449. The minimum atomic E-state index is -0.0801. The van der Waals surface area contributed by atoms with Gasteiger partial charge in [0.2, 0.25) is 5.56 Å². The molecule has 0 atom stereocenters. The molecule has 0 radical (unpaired) electrons. The summed E-state index contributed by atoms with van der Waals surface area (Å²) in [6, 6.07) is 3.43. The molecule has 4 nitrogen and oxygen atoms in total. The van der Waals surface area contributed by atoms with E-state index >= 15 is 0 Å². The first-order valence-corrected chi connectivity index (χ1v) is 5.03. The van der Waals surface area contributed by atoms with Crippen LogP contribution in [0.25, 0.3) is 0 Å². The average Bonchev–Trinajstić information content (AvgIpc) is 2.67. The topological polar surface area (TPSA) is 57.8 Å². The van der Waals surface area contributed by atoms with Crippen LogP contribution in [-0.4, -0.2) is 9.97 Å². The third-order valence-electron chi connectivity index (χ3n) is 1.72. The summed E-state index contributed by atoms with van der Waals surface area (Å²) in [7, 11) is 0. The highest BCUT2D eigenvalue weighted by atomic mass is 32.1. The lowest BCUT2D eigenvalue weighted by Gasteiger charge is -2.00. The summed E-state index contributed by atoms with van der Waals surface area (Å²) in [6.45, 7) is 0.622. The molecule has 0 aromatic carbocycles.